The zero-order chi connectivity index (χ0) is 82.6. The number of thioether (sulfide) groups is 1. The van der Waals surface area contributed by atoms with Crippen molar-refractivity contribution in [1.82, 2.24) is 20.9 Å². The minimum absolute atomic E-state index is 0.0351. The number of imide groups is 1. The topological polar surface area (TPSA) is 499 Å². The second-order valence-corrected chi connectivity index (χ2v) is 32.4. The van der Waals surface area contributed by atoms with Crippen molar-refractivity contribution in [3.8, 4) is 0 Å². The summed E-state index contributed by atoms with van der Waals surface area (Å²) < 4.78 is 42.6. The fraction of sp³-hybridized carbons (Fsp3) is 0.525. The Bertz CT molecular complexity index is 4230. The fourth-order valence-corrected chi connectivity index (χ4v) is 15.7. The van der Waals surface area contributed by atoms with Gasteiger partial charge in [0.05, 0.1) is 27.6 Å². The molecule has 1 saturated heterocycles. The third kappa shape index (κ3) is 27.2. The first-order valence-corrected chi connectivity index (χ1v) is 40.7. The number of carbonyl (C=O) groups is 10. The first-order valence-electron chi connectivity index (χ1n) is 38.2. The van der Waals surface area contributed by atoms with E-state index in [2.05, 4.69) is 92.4 Å². The van der Waals surface area contributed by atoms with Gasteiger partial charge in [0.25, 0.3) is 10.1 Å². The van der Waals surface area contributed by atoms with Crippen molar-refractivity contribution in [2.45, 2.75) is 191 Å². The monoisotopic (exact) mass is 1590 g/mol. The number of aryl methyl sites for hydroxylation is 1. The lowest BCUT2D eigenvalue weighted by Gasteiger charge is -2.25. The number of unbranched alkanes of at least 4 members (excludes halogenated alkanes) is 2. The number of likely N-dealkylation sites (N-methyl/N-ethyl adjacent to an activating group) is 1. The summed E-state index contributed by atoms with van der Waals surface area (Å²) in [5, 5.41) is 7.49. The number of amides is 6. The van der Waals surface area contributed by atoms with Crippen molar-refractivity contribution in [2.24, 2.45) is 72.9 Å². The van der Waals surface area contributed by atoms with Gasteiger partial charge in [0.15, 0.2) is 46.7 Å². The second kappa shape index (κ2) is 43.2. The summed E-state index contributed by atoms with van der Waals surface area (Å²) in [7, 11) is -4.50. The highest BCUT2D eigenvalue weighted by atomic mass is 32.2. The van der Waals surface area contributed by atoms with Crippen LogP contribution in [-0.2, 0) is 75.3 Å². The van der Waals surface area contributed by atoms with E-state index in [1.807, 2.05) is 38.2 Å². The summed E-state index contributed by atoms with van der Waals surface area (Å²) >= 11 is 0.972. The van der Waals surface area contributed by atoms with Crippen LogP contribution in [0.2, 0.25) is 0 Å². The Morgan fingerprint density at radius 2 is 1.37 bits per heavy atom. The molecule has 3 aliphatic heterocycles. The standard InChI is InChI=1S/C80H114N16O14S2/c1-9-94-63-33-27-50(2)42-59(63)79(5,6)68(94)24-12-10-13-25-69-80(7,8)60-46-58(112(107,108)109)32-34-64(60)95(69)39-15-11-14-26-70(101)88-38-40-96-71(102)47-67(75(96)106)111-49-62(65(99)23-19-41-110-48-57(98)44-56(72(81)103)43-53-28-30-54(31-29-53)52(4)97)93-74(105)55(21-17-36-90-77(84)85)45-66(100)61(22-18-37-91-78(86)87)92-73(104)51(3)20-16-35-89-76(82)83/h10,12-13,24-25,27-34,42,46,51,55-56,61-62,67H,9,11,14-23,26,35-41,43-45,47-49H2,1-8H3,(H17-,81,82,83,84,85,86,87,88,89,90,91,92,93,101,103,104,105,107,108,109)/p+1/t51-,55+,56-,61-,62-,67?/m1/s1. The predicted octanol–water partition coefficient (Wildman–Crippen LogP) is 5.18. The normalized spacial score (nSPS) is 16.7. The molecule has 32 heteroatoms. The number of allylic oxidation sites excluding steroid dienone is 6. The van der Waals surface area contributed by atoms with Gasteiger partial charge in [-0.05, 0) is 134 Å². The summed E-state index contributed by atoms with van der Waals surface area (Å²) in [5.74, 6) is -8.06. The Kier molecular flexibility index (Phi) is 35.1. The molecule has 0 aliphatic carbocycles. The zero-order valence-corrected chi connectivity index (χ0v) is 67.4. The lowest BCUT2D eigenvalue weighted by Crippen LogP contribution is -2.48. The molecule has 1 fully saturated rings. The fourth-order valence-electron chi connectivity index (χ4n) is 14.0. The highest BCUT2D eigenvalue weighted by molar-refractivity contribution is 8.00. The van der Waals surface area contributed by atoms with Gasteiger partial charge in [-0.15, -0.1) is 11.8 Å². The molecule has 112 heavy (non-hydrogen) atoms. The van der Waals surface area contributed by atoms with Crippen molar-refractivity contribution < 1.29 is 70.2 Å². The lowest BCUT2D eigenvalue weighted by atomic mass is 9.81. The van der Waals surface area contributed by atoms with E-state index in [9.17, 15) is 60.9 Å². The van der Waals surface area contributed by atoms with Gasteiger partial charge in [-0.1, -0.05) is 81.0 Å². The van der Waals surface area contributed by atoms with E-state index in [1.54, 1.807) is 37.3 Å². The summed E-state index contributed by atoms with van der Waals surface area (Å²) in [6.07, 6.45) is 12.6. The minimum Gasteiger partial charge on any atom is -0.374 e. The summed E-state index contributed by atoms with van der Waals surface area (Å²) in [4.78, 5) is 151. The third-order valence-electron chi connectivity index (χ3n) is 20.3. The Morgan fingerprint density at radius 3 is 2.00 bits per heavy atom. The molecule has 0 bridgehead atoms. The Hall–Kier alpha value is -9.92. The van der Waals surface area contributed by atoms with Crippen LogP contribution in [-0.4, -0.2) is 187 Å². The summed E-state index contributed by atoms with van der Waals surface area (Å²) in [6, 6.07) is 15.4. The number of hydrogen-bond donors (Lipinski definition) is 11. The van der Waals surface area contributed by atoms with Crippen LogP contribution in [0, 0.1) is 24.7 Å². The van der Waals surface area contributed by atoms with E-state index >= 15 is 0 Å². The second-order valence-electron chi connectivity index (χ2n) is 29.7. The SMILES string of the molecule is CCN1C(=CC=CC=CC2=[N+](CCCCCC(=O)NCCN3C(=O)CC(SC[C@@H](NC(=O)[C@@H](CCCN=C(N)N)CC(=O)[C@@H](CCCN=C(N)N)NC(=O)[C@H](C)CCCN=C(N)N)C(=O)CCCOCC(=O)C[C@@H](Cc4ccc(C(C)=O)cc4)C(N)=O)C3=O)c3ccc(S(=O)(=O)O)cc3C2(C)C)C(C)(C)c2cc(C)ccc21. The van der Waals surface area contributed by atoms with E-state index in [4.69, 9.17) is 44.9 Å². The van der Waals surface area contributed by atoms with Gasteiger partial charge in [-0.2, -0.15) is 13.0 Å². The number of Topliss-reactive ketones (excluding diaryl/α,β-unsaturated/α-hetero) is 4. The maximum atomic E-state index is 14.7. The number of nitrogens with one attached hydrogen (secondary N) is 3. The molecule has 0 aromatic heterocycles. The number of nitrogens with zero attached hydrogens (tertiary/aromatic N) is 6. The number of guanidine groups is 3. The van der Waals surface area contributed by atoms with E-state index in [0.29, 0.717) is 49.8 Å². The first-order chi connectivity index (χ1) is 52.9. The van der Waals surface area contributed by atoms with Crippen LogP contribution in [0.3, 0.4) is 0 Å². The smallest absolute Gasteiger partial charge is 0.294 e. The predicted molar refractivity (Wildman–Crippen MR) is 435 cm³/mol. The number of carbonyl (C=O) groups excluding carboxylic acids is 10. The van der Waals surface area contributed by atoms with Gasteiger partial charge in [-0.3, -0.25) is 72.4 Å². The number of benzene rings is 3. The molecule has 0 saturated carbocycles. The van der Waals surface area contributed by atoms with E-state index in [-0.39, 0.29) is 149 Å². The van der Waals surface area contributed by atoms with Gasteiger partial charge in [0.2, 0.25) is 41.1 Å². The molecule has 6 atom stereocenters. The van der Waals surface area contributed by atoms with Crippen LogP contribution in [0.25, 0.3) is 0 Å². The third-order valence-corrected chi connectivity index (χ3v) is 22.4. The van der Waals surface area contributed by atoms with E-state index in [0.717, 1.165) is 40.2 Å². The highest BCUT2D eigenvalue weighted by Gasteiger charge is 2.46. The molecule has 18 N–H and O–H groups in total. The first kappa shape index (κ1) is 91.0. The zero-order valence-electron chi connectivity index (χ0n) is 65.8. The quantitative estimate of drug-likeness (QED) is 0.00507. The van der Waals surface area contributed by atoms with Crippen molar-refractivity contribution in [3.05, 3.63) is 125 Å². The average Bonchev–Trinajstić information content (AvgIpc) is 1.60. The number of primary amides is 1. The molecular formula is C80H115N16O14S2+. The Balaban J connectivity index is 1.10. The molecule has 30 nitrogen and oxygen atoms in total. The molecule has 3 aliphatic rings. The molecule has 6 rings (SSSR count). The number of ether oxygens (including phenoxy) is 1. The number of likely N-dealkylation sites (tertiary alicyclic amines) is 1. The van der Waals surface area contributed by atoms with Crippen molar-refractivity contribution in [2.75, 3.05) is 69.7 Å². The van der Waals surface area contributed by atoms with E-state index < -0.39 is 111 Å². The number of nitrogens with two attached hydrogens (primary N) is 7. The van der Waals surface area contributed by atoms with Gasteiger partial charge < -0.3 is 65.7 Å². The van der Waals surface area contributed by atoms with Crippen molar-refractivity contribution in [3.63, 3.8) is 0 Å². The number of ketones is 4. The van der Waals surface area contributed by atoms with Crippen molar-refractivity contribution in [1.29, 1.82) is 0 Å². The molecule has 610 valence electrons. The molecule has 3 aromatic rings. The summed E-state index contributed by atoms with van der Waals surface area (Å²) in [5.41, 5.74) is 46.6. The van der Waals surface area contributed by atoms with Gasteiger partial charge in [0, 0.05) is 148 Å². The van der Waals surface area contributed by atoms with Gasteiger partial charge in [-0.25, -0.2) is 0 Å². The average molecular weight is 1590 g/mol. The van der Waals surface area contributed by atoms with Crippen molar-refractivity contribution >= 4 is 115 Å². The number of fused-ring (bicyclic) bond motifs is 2. The molecule has 0 radical (unpaired) electrons. The molecule has 3 heterocycles. The lowest BCUT2D eigenvalue weighted by molar-refractivity contribution is -0.438. The largest absolute Gasteiger partial charge is 0.374 e. The van der Waals surface area contributed by atoms with E-state index in [1.165, 1.54) is 41.6 Å². The number of hydrogen-bond acceptors (Lipinski definition) is 18. The summed E-state index contributed by atoms with van der Waals surface area (Å²) in [6.45, 7) is 16.9. The van der Waals surface area contributed by atoms with Gasteiger partial charge >= 0.3 is 0 Å². The molecule has 1 unspecified atom stereocenters. The maximum absolute atomic E-state index is 14.7. The number of aliphatic imine (C=N–C) groups is 3. The number of anilines is 1. The molecular weight excluding hydrogens is 1470 g/mol. The van der Waals surface area contributed by atoms with Gasteiger partial charge in [0.1, 0.15) is 13.2 Å². The maximum Gasteiger partial charge on any atom is 0.294 e. The molecule has 3 aromatic carbocycles. The highest BCUT2D eigenvalue weighted by Crippen LogP contribution is 2.48. The van der Waals surface area contributed by atoms with Crippen LogP contribution in [0.15, 0.2) is 117 Å². The van der Waals surface area contributed by atoms with Crippen LogP contribution < -0.4 is 61.0 Å². The van der Waals surface area contributed by atoms with Crippen LogP contribution in [0.4, 0.5) is 11.4 Å². The minimum atomic E-state index is -4.50. The Morgan fingerprint density at radius 1 is 0.714 bits per heavy atom. The van der Waals surface area contributed by atoms with Crippen LogP contribution in [0.1, 0.15) is 177 Å². The molecule has 6 amide bonds. The van der Waals surface area contributed by atoms with Crippen LogP contribution >= 0.6 is 11.8 Å². The number of rotatable bonds is 49. The van der Waals surface area contributed by atoms with Crippen LogP contribution in [0.5, 0.6) is 0 Å². The Labute approximate surface area is 661 Å². The molecule has 0 spiro atoms.